The molecule has 186 valence electrons. The molecule has 3 nitrogen and oxygen atoms in total. The van der Waals surface area contributed by atoms with Crippen LogP contribution in [0.5, 0.6) is 0 Å². The zero-order valence-electron chi connectivity index (χ0n) is 22.5. The van der Waals surface area contributed by atoms with E-state index in [9.17, 15) is 0 Å². The van der Waals surface area contributed by atoms with E-state index in [1.54, 1.807) is 0 Å². The van der Waals surface area contributed by atoms with Gasteiger partial charge >= 0.3 is 0 Å². The average Bonchev–Trinajstić information content (AvgIpc) is 3.43. The molecule has 0 atom stereocenters. The van der Waals surface area contributed by atoms with Crippen LogP contribution in [0.2, 0.25) is 0 Å². The van der Waals surface area contributed by atoms with E-state index in [2.05, 4.69) is 95.3 Å². The minimum absolute atomic E-state index is 0.00784. The summed E-state index contributed by atoms with van der Waals surface area (Å²) in [5, 5.41) is 3.69. The van der Waals surface area contributed by atoms with E-state index in [1.807, 2.05) is 19.3 Å². The van der Waals surface area contributed by atoms with Gasteiger partial charge in [-0.05, 0) is 82.5 Å². The molecule has 0 fully saturated rings. The predicted octanol–water partition coefficient (Wildman–Crippen LogP) is 9.87. The quantitative estimate of drug-likeness (QED) is 0.248. The molecule has 0 bridgehead atoms. The summed E-state index contributed by atoms with van der Waals surface area (Å²) in [6, 6.07) is 23.9. The lowest BCUT2D eigenvalue weighted by atomic mass is 9.82. The second kappa shape index (κ2) is 8.62. The zero-order chi connectivity index (χ0) is 25.9. The topological polar surface area (TPSA) is 39.2 Å². The molecule has 0 amide bonds. The van der Waals surface area contributed by atoms with E-state index in [-0.39, 0.29) is 5.41 Å². The maximum atomic E-state index is 6.19. The van der Waals surface area contributed by atoms with Gasteiger partial charge in [0.15, 0.2) is 5.58 Å². The van der Waals surface area contributed by atoms with Gasteiger partial charge in [-0.3, -0.25) is 0 Å². The van der Waals surface area contributed by atoms with Crippen LogP contribution in [0.1, 0.15) is 51.5 Å². The van der Waals surface area contributed by atoms with Crippen molar-refractivity contribution in [2.24, 2.45) is 5.92 Å². The molecule has 37 heavy (non-hydrogen) atoms. The molecular weight excluding hydrogens is 454 g/mol. The van der Waals surface area contributed by atoms with Crippen LogP contribution in [0.4, 0.5) is 0 Å². The van der Waals surface area contributed by atoms with Crippen LogP contribution in [0, 0.1) is 12.8 Å². The van der Waals surface area contributed by atoms with Gasteiger partial charge in [-0.15, -0.1) is 0 Å². The molecular formula is C34H33NO2. The number of aryl methyl sites for hydroxylation is 1. The van der Waals surface area contributed by atoms with Crippen LogP contribution < -0.4 is 0 Å². The Bertz CT molecular complexity index is 1780. The third kappa shape index (κ3) is 4.23. The maximum absolute atomic E-state index is 6.19. The highest BCUT2D eigenvalue weighted by atomic mass is 16.3. The third-order valence-corrected chi connectivity index (χ3v) is 7.16. The van der Waals surface area contributed by atoms with Crippen molar-refractivity contribution < 1.29 is 8.83 Å². The molecule has 3 heterocycles. The minimum Gasteiger partial charge on any atom is -0.464 e. The molecule has 6 aromatic rings. The van der Waals surface area contributed by atoms with Gasteiger partial charge in [0.25, 0.3) is 0 Å². The molecule has 0 aliphatic rings. The smallest absolute Gasteiger partial charge is 0.160 e. The molecule has 0 aliphatic heterocycles. The average molecular weight is 488 g/mol. The van der Waals surface area contributed by atoms with Crippen molar-refractivity contribution in [3.05, 3.63) is 89.9 Å². The van der Waals surface area contributed by atoms with Crippen LogP contribution >= 0.6 is 0 Å². The van der Waals surface area contributed by atoms with Gasteiger partial charge in [0.05, 0.1) is 12.0 Å². The summed E-state index contributed by atoms with van der Waals surface area (Å²) in [4.78, 5) is 5.08. The molecule has 0 unspecified atom stereocenters. The molecule has 6 rings (SSSR count). The molecule has 0 aliphatic carbocycles. The molecule has 0 saturated carbocycles. The summed E-state index contributed by atoms with van der Waals surface area (Å²) >= 11 is 0. The lowest BCUT2D eigenvalue weighted by Crippen LogP contribution is -2.12. The van der Waals surface area contributed by atoms with E-state index in [4.69, 9.17) is 13.8 Å². The molecule has 3 heteroatoms. The minimum atomic E-state index is 0.00784. The second-order valence-electron chi connectivity index (χ2n) is 11.7. The first-order valence-electron chi connectivity index (χ1n) is 13.1. The Hall–Kier alpha value is -3.85. The highest BCUT2D eigenvalue weighted by Gasteiger charge is 2.20. The number of rotatable bonds is 4. The van der Waals surface area contributed by atoms with Crippen molar-refractivity contribution in [1.82, 2.24) is 4.98 Å². The van der Waals surface area contributed by atoms with Gasteiger partial charge in [-0.25, -0.2) is 4.98 Å². The number of furan rings is 2. The van der Waals surface area contributed by atoms with E-state index in [1.165, 1.54) is 27.3 Å². The number of aromatic nitrogens is 1. The summed E-state index contributed by atoms with van der Waals surface area (Å²) in [7, 11) is 0. The molecule has 0 spiro atoms. The van der Waals surface area contributed by atoms with E-state index in [0.717, 1.165) is 51.2 Å². The third-order valence-electron chi connectivity index (χ3n) is 7.16. The highest BCUT2D eigenvalue weighted by Crippen LogP contribution is 2.39. The highest BCUT2D eigenvalue weighted by molar-refractivity contribution is 5.97. The summed E-state index contributed by atoms with van der Waals surface area (Å²) in [6.45, 7) is 13.3. The largest absolute Gasteiger partial charge is 0.464 e. The second-order valence-corrected chi connectivity index (χ2v) is 11.7. The van der Waals surface area contributed by atoms with Gasteiger partial charge in [0.1, 0.15) is 16.9 Å². The lowest BCUT2D eigenvalue weighted by Gasteiger charge is -2.23. The van der Waals surface area contributed by atoms with Gasteiger partial charge in [-0.1, -0.05) is 65.0 Å². The number of pyridine rings is 1. The van der Waals surface area contributed by atoms with Crippen LogP contribution in [0.15, 0.2) is 81.8 Å². The fourth-order valence-corrected chi connectivity index (χ4v) is 5.43. The first-order chi connectivity index (χ1) is 17.7. The maximum Gasteiger partial charge on any atom is 0.160 e. The number of hydrogen-bond donors (Lipinski definition) is 0. The fourth-order valence-electron chi connectivity index (χ4n) is 5.43. The molecule has 3 aromatic carbocycles. The summed E-state index contributed by atoms with van der Waals surface area (Å²) in [6.07, 6.45) is 2.89. The Morgan fingerprint density at radius 2 is 1.68 bits per heavy atom. The molecule has 3 aromatic heterocycles. The SMILES string of the molecule is Cc1cc2nc(-c3cc(C(C)(C)C)c4ccccc4c3)cc(-c3ccc4occ(CC(C)C)c4c3)c2o1. The summed E-state index contributed by atoms with van der Waals surface area (Å²) in [5.41, 5.74) is 9.44. The van der Waals surface area contributed by atoms with Crippen molar-refractivity contribution in [3.63, 3.8) is 0 Å². The van der Waals surface area contributed by atoms with Crippen molar-refractivity contribution in [1.29, 1.82) is 0 Å². The zero-order valence-corrected chi connectivity index (χ0v) is 22.5. The Labute approximate surface area is 218 Å². The van der Waals surface area contributed by atoms with Crippen molar-refractivity contribution in [3.8, 4) is 22.4 Å². The predicted molar refractivity (Wildman–Crippen MR) is 154 cm³/mol. The van der Waals surface area contributed by atoms with Crippen molar-refractivity contribution in [2.45, 2.75) is 53.4 Å². The molecule has 0 saturated heterocycles. The number of hydrogen-bond acceptors (Lipinski definition) is 3. The number of fused-ring (bicyclic) bond motifs is 3. The fraction of sp³-hybridized carbons (Fsp3) is 0.265. The van der Waals surface area contributed by atoms with Gasteiger partial charge in [-0.2, -0.15) is 0 Å². The summed E-state index contributed by atoms with van der Waals surface area (Å²) in [5.74, 6) is 1.42. The Morgan fingerprint density at radius 3 is 2.46 bits per heavy atom. The summed E-state index contributed by atoms with van der Waals surface area (Å²) < 4.78 is 12.1. The van der Waals surface area contributed by atoms with Crippen LogP contribution in [0.25, 0.3) is 55.2 Å². The lowest BCUT2D eigenvalue weighted by molar-refractivity contribution is 0.579. The number of nitrogens with zero attached hydrogens (tertiary/aromatic N) is 1. The Balaban J connectivity index is 1.59. The monoisotopic (exact) mass is 487 g/mol. The van der Waals surface area contributed by atoms with Crippen molar-refractivity contribution in [2.75, 3.05) is 0 Å². The molecule has 0 N–H and O–H groups in total. The first-order valence-corrected chi connectivity index (χ1v) is 13.1. The van der Waals surface area contributed by atoms with Gasteiger partial charge in [0.2, 0.25) is 0 Å². The molecule has 0 radical (unpaired) electrons. The normalized spacial score (nSPS) is 12.4. The Morgan fingerprint density at radius 1 is 0.865 bits per heavy atom. The van der Waals surface area contributed by atoms with E-state index in [0.29, 0.717) is 5.92 Å². The van der Waals surface area contributed by atoms with Gasteiger partial charge in [0, 0.05) is 22.6 Å². The van der Waals surface area contributed by atoms with Crippen LogP contribution in [-0.2, 0) is 11.8 Å². The van der Waals surface area contributed by atoms with E-state index >= 15 is 0 Å². The van der Waals surface area contributed by atoms with Crippen LogP contribution in [-0.4, -0.2) is 4.98 Å². The van der Waals surface area contributed by atoms with Crippen LogP contribution in [0.3, 0.4) is 0 Å². The van der Waals surface area contributed by atoms with Gasteiger partial charge < -0.3 is 8.83 Å². The number of benzene rings is 3. The van der Waals surface area contributed by atoms with Crippen molar-refractivity contribution >= 4 is 32.8 Å². The first kappa shape index (κ1) is 23.5. The standard InChI is InChI=1S/C34H33NO2/c1-20(2)13-25-19-36-32-12-11-23(16-27(25)32)28-18-30(35-31-14-21(3)37-33(28)31)24-15-22-9-7-8-10-26(22)29(17-24)34(4,5)6/h7-12,14-20H,13H2,1-6H3. The Kier molecular flexibility index (Phi) is 5.49. The van der Waals surface area contributed by atoms with E-state index < -0.39 is 0 Å².